The molecule has 3 heterocycles. The van der Waals surface area contributed by atoms with E-state index in [4.69, 9.17) is 4.74 Å². The molecule has 0 saturated carbocycles. The van der Waals surface area contributed by atoms with Crippen molar-refractivity contribution in [2.45, 2.75) is 12.3 Å². The van der Waals surface area contributed by atoms with Crippen LogP contribution in [0, 0.1) is 0 Å². The van der Waals surface area contributed by atoms with Crippen molar-refractivity contribution in [2.75, 3.05) is 11.9 Å². The summed E-state index contributed by atoms with van der Waals surface area (Å²) in [6.45, 7) is 0.532. The largest absolute Gasteiger partial charge is 0.493 e. The van der Waals surface area contributed by atoms with E-state index in [1.807, 2.05) is 42.5 Å². The summed E-state index contributed by atoms with van der Waals surface area (Å²) in [6, 6.07) is 13.2. The number of benzene rings is 1. The van der Waals surface area contributed by atoms with E-state index in [9.17, 15) is 4.79 Å². The van der Waals surface area contributed by atoms with Gasteiger partial charge in [-0.15, -0.1) is 10.2 Å². The highest BCUT2D eigenvalue weighted by molar-refractivity contribution is 7.18. The van der Waals surface area contributed by atoms with Gasteiger partial charge in [-0.1, -0.05) is 35.6 Å². The van der Waals surface area contributed by atoms with Gasteiger partial charge in [0.2, 0.25) is 11.0 Å². The van der Waals surface area contributed by atoms with Crippen LogP contribution < -0.4 is 10.1 Å². The summed E-state index contributed by atoms with van der Waals surface area (Å²) in [5, 5.41) is 12.2. The van der Waals surface area contributed by atoms with Crippen LogP contribution >= 0.6 is 11.3 Å². The second kappa shape index (κ2) is 6.37. The number of anilines is 1. The number of carbonyl (C=O) groups is 1. The van der Waals surface area contributed by atoms with Gasteiger partial charge in [0.1, 0.15) is 11.4 Å². The van der Waals surface area contributed by atoms with Crippen molar-refractivity contribution in [3.63, 3.8) is 0 Å². The van der Waals surface area contributed by atoms with Crippen LogP contribution in [0.4, 0.5) is 5.13 Å². The number of nitrogens with zero attached hydrogens (tertiary/aromatic N) is 3. The Hall–Kier alpha value is -2.80. The van der Waals surface area contributed by atoms with E-state index in [0.717, 1.165) is 17.0 Å². The molecule has 0 bridgehead atoms. The standard InChI is InChI=1S/C17H14N4O2S/c22-15(12-8-10-23-14-7-2-1-5-11(12)14)19-17-21-20-16(24-17)13-6-3-4-9-18-13/h1-7,9,12H,8,10H2,(H,19,21,22)/t12-/m0/s1. The quantitative estimate of drug-likeness (QED) is 0.794. The van der Waals surface area contributed by atoms with Crippen LogP contribution in [0.2, 0.25) is 0 Å². The van der Waals surface area contributed by atoms with E-state index >= 15 is 0 Å². The number of hydrogen-bond donors (Lipinski definition) is 1. The van der Waals surface area contributed by atoms with Crippen molar-refractivity contribution in [3.8, 4) is 16.5 Å². The Morgan fingerprint density at radius 2 is 2.04 bits per heavy atom. The van der Waals surface area contributed by atoms with Crippen molar-refractivity contribution in [3.05, 3.63) is 54.2 Å². The molecule has 4 rings (SSSR count). The zero-order chi connectivity index (χ0) is 16.4. The molecule has 3 aromatic rings. The Balaban J connectivity index is 1.53. The highest BCUT2D eigenvalue weighted by Crippen LogP contribution is 2.34. The van der Waals surface area contributed by atoms with Crippen LogP contribution in [0.5, 0.6) is 5.75 Å². The lowest BCUT2D eigenvalue weighted by atomic mass is 9.92. The number of aromatic nitrogens is 3. The van der Waals surface area contributed by atoms with Gasteiger partial charge in [0.25, 0.3) is 0 Å². The Morgan fingerprint density at radius 3 is 2.92 bits per heavy atom. The van der Waals surface area contributed by atoms with Crippen molar-refractivity contribution >= 4 is 22.4 Å². The van der Waals surface area contributed by atoms with E-state index in [-0.39, 0.29) is 11.8 Å². The van der Waals surface area contributed by atoms with Gasteiger partial charge < -0.3 is 4.74 Å². The van der Waals surface area contributed by atoms with Crippen LogP contribution in [0.15, 0.2) is 48.7 Å². The number of pyridine rings is 1. The minimum atomic E-state index is -0.239. The van der Waals surface area contributed by atoms with Gasteiger partial charge in [-0.05, 0) is 24.6 Å². The molecule has 1 aromatic carbocycles. The summed E-state index contributed by atoms with van der Waals surface area (Å²) in [5.74, 6) is 0.446. The highest BCUT2D eigenvalue weighted by atomic mass is 32.1. The molecule has 2 aromatic heterocycles. The molecule has 0 unspecified atom stereocenters. The van der Waals surface area contributed by atoms with Crippen molar-refractivity contribution in [1.29, 1.82) is 0 Å². The van der Waals surface area contributed by atoms with Gasteiger partial charge in [-0.2, -0.15) is 0 Å². The molecular formula is C17H14N4O2S. The van der Waals surface area contributed by atoms with E-state index in [0.29, 0.717) is 23.2 Å². The first kappa shape index (κ1) is 14.8. The summed E-state index contributed by atoms with van der Waals surface area (Å²) < 4.78 is 5.60. The van der Waals surface area contributed by atoms with Gasteiger partial charge in [0.15, 0.2) is 5.01 Å². The van der Waals surface area contributed by atoms with E-state index < -0.39 is 0 Å². The Bertz CT molecular complexity index is 866. The molecule has 7 heteroatoms. The SMILES string of the molecule is O=C(Nc1nnc(-c2ccccn2)s1)[C@H]1CCOc2ccccc21. The average Bonchev–Trinajstić information content (AvgIpc) is 3.10. The third-order valence-electron chi connectivity index (χ3n) is 3.81. The predicted molar refractivity (Wildman–Crippen MR) is 91.1 cm³/mol. The molecule has 24 heavy (non-hydrogen) atoms. The molecule has 0 saturated heterocycles. The molecule has 1 atom stereocenters. The molecule has 0 fully saturated rings. The number of ether oxygens (including phenoxy) is 1. The second-order valence-corrected chi connectivity index (χ2v) is 6.32. The van der Waals surface area contributed by atoms with Crippen LogP contribution in [0.25, 0.3) is 10.7 Å². The molecule has 0 radical (unpaired) electrons. The molecule has 1 aliphatic rings. The first-order valence-corrected chi connectivity index (χ1v) is 8.40. The van der Waals surface area contributed by atoms with E-state index in [1.54, 1.807) is 6.20 Å². The minimum Gasteiger partial charge on any atom is -0.493 e. The maximum Gasteiger partial charge on any atom is 0.234 e. The molecule has 0 spiro atoms. The Kier molecular flexibility index (Phi) is 3.92. The monoisotopic (exact) mass is 338 g/mol. The van der Waals surface area contributed by atoms with E-state index in [2.05, 4.69) is 20.5 Å². The number of para-hydroxylation sites is 1. The van der Waals surface area contributed by atoms with Crippen LogP contribution in [-0.4, -0.2) is 27.7 Å². The number of amides is 1. The lowest BCUT2D eigenvalue weighted by Gasteiger charge is -2.24. The maximum absolute atomic E-state index is 12.6. The fourth-order valence-electron chi connectivity index (χ4n) is 2.67. The van der Waals surface area contributed by atoms with Crippen LogP contribution in [-0.2, 0) is 4.79 Å². The number of carbonyl (C=O) groups excluding carboxylic acids is 1. The summed E-state index contributed by atoms with van der Waals surface area (Å²) in [7, 11) is 0. The normalized spacial score (nSPS) is 16.1. The lowest BCUT2D eigenvalue weighted by molar-refractivity contribution is -0.118. The average molecular weight is 338 g/mol. The zero-order valence-corrected chi connectivity index (χ0v) is 13.5. The summed E-state index contributed by atoms with van der Waals surface area (Å²) >= 11 is 1.31. The number of hydrogen-bond acceptors (Lipinski definition) is 6. The summed E-state index contributed by atoms with van der Waals surface area (Å²) in [6.07, 6.45) is 2.35. The second-order valence-electron chi connectivity index (χ2n) is 5.34. The first-order chi connectivity index (χ1) is 11.8. The molecule has 120 valence electrons. The molecule has 0 aliphatic carbocycles. The van der Waals surface area contributed by atoms with Crippen molar-refractivity contribution in [2.24, 2.45) is 0 Å². The first-order valence-electron chi connectivity index (χ1n) is 7.59. The van der Waals surface area contributed by atoms with Crippen molar-refractivity contribution in [1.82, 2.24) is 15.2 Å². The number of fused-ring (bicyclic) bond motifs is 1. The van der Waals surface area contributed by atoms with Crippen LogP contribution in [0.1, 0.15) is 17.9 Å². The van der Waals surface area contributed by atoms with Gasteiger partial charge in [0.05, 0.1) is 12.5 Å². The number of nitrogens with one attached hydrogen (secondary N) is 1. The molecule has 1 amide bonds. The minimum absolute atomic E-state index is 0.0885. The third-order valence-corrected chi connectivity index (χ3v) is 4.68. The van der Waals surface area contributed by atoms with E-state index in [1.165, 1.54) is 11.3 Å². The summed E-state index contributed by atoms with van der Waals surface area (Å²) in [4.78, 5) is 16.9. The Morgan fingerprint density at radius 1 is 1.17 bits per heavy atom. The maximum atomic E-state index is 12.6. The zero-order valence-electron chi connectivity index (χ0n) is 12.7. The summed E-state index contributed by atoms with van der Waals surface area (Å²) in [5.41, 5.74) is 1.66. The molecule has 1 N–H and O–H groups in total. The topological polar surface area (TPSA) is 77.0 Å². The molecular weight excluding hydrogens is 324 g/mol. The fraction of sp³-hybridized carbons (Fsp3) is 0.176. The van der Waals surface area contributed by atoms with Gasteiger partial charge in [0, 0.05) is 11.8 Å². The predicted octanol–water partition coefficient (Wildman–Crippen LogP) is 3.10. The molecule has 1 aliphatic heterocycles. The molecule has 6 nitrogen and oxygen atoms in total. The smallest absolute Gasteiger partial charge is 0.234 e. The lowest BCUT2D eigenvalue weighted by Crippen LogP contribution is -2.26. The Labute approximate surface area is 142 Å². The fourth-order valence-corrected chi connectivity index (χ4v) is 3.40. The van der Waals surface area contributed by atoms with Gasteiger partial charge >= 0.3 is 0 Å². The third kappa shape index (κ3) is 2.85. The van der Waals surface area contributed by atoms with Crippen LogP contribution in [0.3, 0.4) is 0 Å². The number of rotatable bonds is 3. The van der Waals surface area contributed by atoms with Crippen molar-refractivity contribution < 1.29 is 9.53 Å². The van der Waals surface area contributed by atoms with Gasteiger partial charge in [-0.3, -0.25) is 15.1 Å². The van der Waals surface area contributed by atoms with Gasteiger partial charge in [-0.25, -0.2) is 0 Å². The highest BCUT2D eigenvalue weighted by Gasteiger charge is 2.28.